The van der Waals surface area contributed by atoms with Crippen molar-refractivity contribution in [1.82, 2.24) is 14.7 Å². The van der Waals surface area contributed by atoms with Gasteiger partial charge >= 0.3 is 0 Å². The Labute approximate surface area is 180 Å². The highest BCUT2D eigenvalue weighted by molar-refractivity contribution is 9.10. The predicted molar refractivity (Wildman–Crippen MR) is 117 cm³/mol. The fourth-order valence-corrected chi connectivity index (χ4v) is 3.13. The molecule has 0 aliphatic heterocycles. The maximum absolute atomic E-state index is 12.8. The van der Waals surface area contributed by atoms with Gasteiger partial charge in [-0.05, 0) is 43.3 Å². The largest absolute Gasteiger partial charge is 0.333 e. The van der Waals surface area contributed by atoms with Gasteiger partial charge in [0.25, 0.3) is 11.4 Å². The highest BCUT2D eigenvalue weighted by atomic mass is 79.9. The van der Waals surface area contributed by atoms with E-state index in [4.69, 9.17) is 4.52 Å². The first-order chi connectivity index (χ1) is 14.5. The molecule has 0 aliphatic rings. The van der Waals surface area contributed by atoms with Gasteiger partial charge in [0.1, 0.15) is 12.1 Å². The van der Waals surface area contributed by atoms with Crippen LogP contribution in [0.3, 0.4) is 0 Å². The van der Waals surface area contributed by atoms with Crippen molar-refractivity contribution in [3.8, 4) is 22.8 Å². The third-order valence-corrected chi connectivity index (χ3v) is 4.96. The van der Waals surface area contributed by atoms with E-state index in [2.05, 4.69) is 31.4 Å². The smallest absolute Gasteiger partial charge is 0.263 e. The van der Waals surface area contributed by atoms with E-state index < -0.39 is 0 Å². The quantitative estimate of drug-likeness (QED) is 0.476. The highest BCUT2D eigenvalue weighted by Crippen LogP contribution is 2.20. The van der Waals surface area contributed by atoms with Crippen molar-refractivity contribution in [2.75, 3.05) is 5.32 Å². The zero-order valence-electron chi connectivity index (χ0n) is 16.0. The second-order valence-electron chi connectivity index (χ2n) is 6.70. The summed E-state index contributed by atoms with van der Waals surface area (Å²) in [6, 6.07) is 18.1. The lowest BCUT2D eigenvalue weighted by Gasteiger charge is -2.08. The molecule has 7 nitrogen and oxygen atoms in total. The molecule has 2 heterocycles. The highest BCUT2D eigenvalue weighted by Gasteiger charge is 2.16. The minimum Gasteiger partial charge on any atom is -0.333 e. The minimum absolute atomic E-state index is 0.109. The number of benzene rings is 2. The lowest BCUT2D eigenvalue weighted by atomic mass is 10.1. The van der Waals surface area contributed by atoms with Gasteiger partial charge in [-0.3, -0.25) is 9.59 Å². The number of hydrogen-bond donors (Lipinski definition) is 1. The van der Waals surface area contributed by atoms with E-state index in [0.29, 0.717) is 11.5 Å². The lowest BCUT2D eigenvalue weighted by Crippen LogP contribution is -2.28. The summed E-state index contributed by atoms with van der Waals surface area (Å²) in [5.41, 5.74) is 2.41. The van der Waals surface area contributed by atoms with Crippen LogP contribution < -0.4 is 10.9 Å². The van der Waals surface area contributed by atoms with Gasteiger partial charge in [-0.1, -0.05) is 50.9 Å². The summed E-state index contributed by atoms with van der Waals surface area (Å²) < 4.78 is 7.52. The van der Waals surface area contributed by atoms with Crippen LogP contribution in [0, 0.1) is 6.92 Å². The maximum atomic E-state index is 12.8. The maximum Gasteiger partial charge on any atom is 0.263 e. The zero-order chi connectivity index (χ0) is 21.1. The second kappa shape index (κ2) is 8.46. The first-order valence-corrected chi connectivity index (χ1v) is 9.95. The predicted octanol–water partition coefficient (Wildman–Crippen LogP) is 4.27. The third-order valence-electron chi connectivity index (χ3n) is 4.43. The molecule has 2 aromatic heterocycles. The van der Waals surface area contributed by atoms with Gasteiger partial charge in [0.2, 0.25) is 11.7 Å². The Balaban J connectivity index is 1.54. The van der Waals surface area contributed by atoms with Gasteiger partial charge in [0, 0.05) is 21.9 Å². The molecule has 8 heteroatoms. The molecule has 0 spiro atoms. The standard InChI is InChI=1S/C22H17BrN4O3/c1-14-4-6-15(7-5-14)20-25-21(30-26-20)18-3-2-12-27(22(18)29)13-19(28)24-17-10-8-16(23)9-11-17/h2-12H,13H2,1H3,(H,24,28). The normalized spacial score (nSPS) is 10.7. The number of aromatic nitrogens is 3. The van der Waals surface area contributed by atoms with Crippen molar-refractivity contribution in [2.24, 2.45) is 0 Å². The number of pyridine rings is 1. The van der Waals surface area contributed by atoms with Crippen LogP contribution in [0.1, 0.15) is 5.56 Å². The topological polar surface area (TPSA) is 90.0 Å². The molecule has 4 rings (SSSR count). The van der Waals surface area contributed by atoms with E-state index in [9.17, 15) is 9.59 Å². The number of halogens is 1. The SMILES string of the molecule is Cc1ccc(-c2noc(-c3cccn(CC(=O)Nc4ccc(Br)cc4)c3=O)n2)cc1. The number of hydrogen-bond acceptors (Lipinski definition) is 5. The van der Waals surface area contributed by atoms with Gasteiger partial charge in [-0.15, -0.1) is 0 Å². The van der Waals surface area contributed by atoms with E-state index in [1.165, 1.54) is 4.57 Å². The summed E-state index contributed by atoms with van der Waals surface area (Å²) >= 11 is 3.35. The molecular formula is C22H17BrN4O3. The summed E-state index contributed by atoms with van der Waals surface area (Å²) in [5.74, 6) is 0.188. The molecule has 0 fully saturated rings. The summed E-state index contributed by atoms with van der Waals surface area (Å²) in [7, 11) is 0. The molecule has 0 aliphatic carbocycles. The summed E-state index contributed by atoms with van der Waals surface area (Å²) in [6.07, 6.45) is 1.55. The Kier molecular flexibility index (Phi) is 5.58. The van der Waals surface area contributed by atoms with Crippen LogP contribution in [0.2, 0.25) is 0 Å². The second-order valence-corrected chi connectivity index (χ2v) is 7.61. The van der Waals surface area contributed by atoms with Crippen LogP contribution in [0.5, 0.6) is 0 Å². The van der Waals surface area contributed by atoms with Crippen molar-refractivity contribution in [2.45, 2.75) is 13.5 Å². The lowest BCUT2D eigenvalue weighted by molar-refractivity contribution is -0.116. The molecule has 2 aromatic carbocycles. The van der Waals surface area contributed by atoms with E-state index >= 15 is 0 Å². The summed E-state index contributed by atoms with van der Waals surface area (Å²) in [4.78, 5) is 29.5. The van der Waals surface area contributed by atoms with Crippen molar-refractivity contribution < 1.29 is 9.32 Å². The molecule has 0 unspecified atom stereocenters. The van der Waals surface area contributed by atoms with Crippen LogP contribution in [-0.2, 0) is 11.3 Å². The van der Waals surface area contributed by atoms with Gasteiger partial charge < -0.3 is 14.4 Å². The zero-order valence-corrected chi connectivity index (χ0v) is 17.6. The molecular weight excluding hydrogens is 448 g/mol. The van der Waals surface area contributed by atoms with Crippen molar-refractivity contribution in [3.05, 3.63) is 87.3 Å². The fraction of sp³-hybridized carbons (Fsp3) is 0.0909. The first kappa shape index (κ1) is 19.8. The molecule has 150 valence electrons. The van der Waals surface area contributed by atoms with Gasteiger partial charge in [-0.2, -0.15) is 4.98 Å². The number of nitrogens with zero attached hydrogens (tertiary/aromatic N) is 3. The number of rotatable bonds is 5. The minimum atomic E-state index is -0.387. The van der Waals surface area contributed by atoms with Crippen LogP contribution in [0.25, 0.3) is 22.8 Å². The van der Waals surface area contributed by atoms with Crippen LogP contribution in [-0.4, -0.2) is 20.6 Å². The van der Waals surface area contributed by atoms with E-state index in [1.54, 1.807) is 30.5 Å². The molecule has 0 atom stereocenters. The van der Waals surface area contributed by atoms with Crippen molar-refractivity contribution in [1.29, 1.82) is 0 Å². The molecule has 0 saturated carbocycles. The molecule has 0 bridgehead atoms. The average Bonchev–Trinajstić information content (AvgIpc) is 3.22. The van der Waals surface area contributed by atoms with Crippen LogP contribution in [0.4, 0.5) is 5.69 Å². The Morgan fingerprint density at radius 3 is 2.57 bits per heavy atom. The Bertz CT molecular complexity index is 1240. The molecule has 0 saturated heterocycles. The van der Waals surface area contributed by atoms with Crippen molar-refractivity contribution in [3.63, 3.8) is 0 Å². The Morgan fingerprint density at radius 1 is 1.10 bits per heavy atom. The Hall–Kier alpha value is -3.52. The Morgan fingerprint density at radius 2 is 1.83 bits per heavy atom. The summed E-state index contributed by atoms with van der Waals surface area (Å²) in [6.45, 7) is 1.85. The average molecular weight is 465 g/mol. The molecule has 0 radical (unpaired) electrons. The van der Waals surface area contributed by atoms with Crippen molar-refractivity contribution >= 4 is 27.5 Å². The molecule has 1 amide bonds. The van der Waals surface area contributed by atoms with Crippen LogP contribution >= 0.6 is 15.9 Å². The monoisotopic (exact) mass is 464 g/mol. The molecule has 1 N–H and O–H groups in total. The molecule has 30 heavy (non-hydrogen) atoms. The van der Waals surface area contributed by atoms with E-state index in [-0.39, 0.29) is 29.5 Å². The van der Waals surface area contributed by atoms with Gasteiger partial charge in [0.05, 0.1) is 0 Å². The number of amides is 1. The third kappa shape index (κ3) is 4.38. The number of carbonyl (C=O) groups is 1. The number of aryl methyl sites for hydroxylation is 1. The van der Waals surface area contributed by atoms with Gasteiger partial charge in [-0.25, -0.2) is 0 Å². The number of carbonyl (C=O) groups excluding carboxylic acids is 1. The first-order valence-electron chi connectivity index (χ1n) is 9.15. The number of nitrogens with one attached hydrogen (secondary N) is 1. The van der Waals surface area contributed by atoms with E-state index in [0.717, 1.165) is 15.6 Å². The van der Waals surface area contributed by atoms with E-state index in [1.807, 2.05) is 43.3 Å². The fourth-order valence-electron chi connectivity index (χ4n) is 2.87. The van der Waals surface area contributed by atoms with Crippen LogP contribution in [0.15, 0.2) is 80.7 Å². The molecule has 4 aromatic rings. The summed E-state index contributed by atoms with van der Waals surface area (Å²) in [5, 5.41) is 6.73. The number of anilines is 1. The van der Waals surface area contributed by atoms with Gasteiger partial charge in [0.15, 0.2) is 0 Å².